The highest BCUT2D eigenvalue weighted by Crippen LogP contribution is 2.25. The summed E-state index contributed by atoms with van der Waals surface area (Å²) in [5.41, 5.74) is 0. The van der Waals surface area contributed by atoms with Gasteiger partial charge in [-0.2, -0.15) is 0 Å². The third kappa shape index (κ3) is 4.18. The van der Waals surface area contributed by atoms with Crippen molar-refractivity contribution in [3.05, 3.63) is 28.5 Å². The molecule has 1 aromatic rings. The topological polar surface area (TPSA) is 35.5 Å². The molecule has 0 saturated carbocycles. The van der Waals surface area contributed by atoms with Crippen molar-refractivity contribution >= 4 is 21.9 Å². The van der Waals surface area contributed by atoms with Gasteiger partial charge in [0.15, 0.2) is 0 Å². The molecule has 0 atom stereocenters. The minimum atomic E-state index is -0.325. The van der Waals surface area contributed by atoms with E-state index in [2.05, 4.69) is 20.7 Å². The van der Waals surface area contributed by atoms with E-state index >= 15 is 0 Å². The molecule has 0 bridgehead atoms. The van der Waals surface area contributed by atoms with E-state index in [0.717, 1.165) is 0 Å². The van der Waals surface area contributed by atoms with Gasteiger partial charge in [-0.05, 0) is 40.5 Å². The third-order valence-corrected chi connectivity index (χ3v) is 2.52. The van der Waals surface area contributed by atoms with Crippen molar-refractivity contribution in [2.45, 2.75) is 12.8 Å². The Hall–Kier alpha value is -1.10. The third-order valence-electron chi connectivity index (χ3n) is 1.90. The minimum Gasteiger partial charge on any atom is -0.492 e. The first-order valence-corrected chi connectivity index (χ1v) is 5.57. The van der Waals surface area contributed by atoms with Crippen molar-refractivity contribution in [3.8, 4) is 5.75 Å². The summed E-state index contributed by atoms with van der Waals surface area (Å²) in [6.07, 6.45) is 0.881. The van der Waals surface area contributed by atoms with Gasteiger partial charge in [-0.15, -0.1) is 0 Å². The molecule has 0 saturated heterocycles. The normalized spacial score (nSPS) is 9.94. The second-order valence-corrected chi connectivity index (χ2v) is 3.96. The molecule has 16 heavy (non-hydrogen) atoms. The van der Waals surface area contributed by atoms with E-state index in [9.17, 15) is 9.18 Å². The fourth-order valence-electron chi connectivity index (χ4n) is 1.09. The Morgan fingerprint density at radius 1 is 1.50 bits per heavy atom. The lowest BCUT2D eigenvalue weighted by atomic mass is 10.3. The van der Waals surface area contributed by atoms with Gasteiger partial charge in [-0.3, -0.25) is 4.79 Å². The first-order chi connectivity index (χ1) is 7.63. The summed E-state index contributed by atoms with van der Waals surface area (Å²) >= 11 is 3.19. The Kier molecular flexibility index (Phi) is 5.25. The van der Waals surface area contributed by atoms with Crippen molar-refractivity contribution in [1.29, 1.82) is 0 Å². The van der Waals surface area contributed by atoms with Crippen LogP contribution >= 0.6 is 15.9 Å². The van der Waals surface area contributed by atoms with Gasteiger partial charge in [-0.25, -0.2) is 4.39 Å². The molecule has 0 heterocycles. The van der Waals surface area contributed by atoms with Crippen LogP contribution in [0.1, 0.15) is 12.8 Å². The minimum absolute atomic E-state index is 0.262. The summed E-state index contributed by atoms with van der Waals surface area (Å²) in [5, 5.41) is 0. The number of halogens is 2. The number of carbonyl (C=O) groups is 1. The molecule has 5 heteroatoms. The van der Waals surface area contributed by atoms with Crippen LogP contribution in [0.5, 0.6) is 5.75 Å². The fourth-order valence-corrected chi connectivity index (χ4v) is 1.56. The molecule has 0 spiro atoms. The van der Waals surface area contributed by atoms with Crippen LogP contribution < -0.4 is 4.74 Å². The molecule has 0 aliphatic heterocycles. The second kappa shape index (κ2) is 6.48. The largest absolute Gasteiger partial charge is 0.492 e. The van der Waals surface area contributed by atoms with Gasteiger partial charge in [-0.1, -0.05) is 0 Å². The molecule has 0 amide bonds. The molecule has 0 unspecified atom stereocenters. The van der Waals surface area contributed by atoms with Crippen molar-refractivity contribution in [2.75, 3.05) is 13.7 Å². The zero-order valence-corrected chi connectivity index (χ0v) is 10.4. The van der Waals surface area contributed by atoms with Crippen molar-refractivity contribution in [3.63, 3.8) is 0 Å². The number of hydrogen-bond donors (Lipinski definition) is 0. The summed E-state index contributed by atoms with van der Waals surface area (Å²) in [6.45, 7) is 0.388. The van der Waals surface area contributed by atoms with E-state index in [4.69, 9.17) is 4.74 Å². The Morgan fingerprint density at radius 3 is 2.88 bits per heavy atom. The number of ether oxygens (including phenoxy) is 2. The number of methoxy groups -OCH3 is 1. The Morgan fingerprint density at radius 2 is 2.25 bits per heavy atom. The van der Waals surface area contributed by atoms with E-state index in [1.807, 2.05) is 0 Å². The number of rotatable bonds is 5. The molecule has 0 radical (unpaired) electrons. The van der Waals surface area contributed by atoms with E-state index in [-0.39, 0.29) is 11.8 Å². The number of hydrogen-bond acceptors (Lipinski definition) is 3. The van der Waals surface area contributed by atoms with Crippen LogP contribution in [0.15, 0.2) is 22.7 Å². The second-order valence-electron chi connectivity index (χ2n) is 3.10. The molecule has 0 N–H and O–H groups in total. The van der Waals surface area contributed by atoms with E-state index in [1.54, 1.807) is 0 Å². The SMILES string of the molecule is COC(=O)CCCOc1ccc(F)cc1Br. The van der Waals surface area contributed by atoms with Gasteiger partial charge in [0, 0.05) is 6.42 Å². The quantitative estimate of drug-likeness (QED) is 0.618. The summed E-state index contributed by atoms with van der Waals surface area (Å²) in [7, 11) is 1.35. The van der Waals surface area contributed by atoms with Crippen molar-refractivity contribution in [2.24, 2.45) is 0 Å². The maximum absolute atomic E-state index is 12.7. The standard InChI is InChI=1S/C11H12BrFO3/c1-15-11(14)3-2-6-16-10-5-4-8(13)7-9(10)12/h4-5,7H,2-3,6H2,1H3. The van der Waals surface area contributed by atoms with Crippen LogP contribution in [-0.2, 0) is 9.53 Å². The lowest BCUT2D eigenvalue weighted by molar-refractivity contribution is -0.140. The average Bonchev–Trinajstić information content (AvgIpc) is 2.26. The van der Waals surface area contributed by atoms with Crippen LogP contribution in [0.3, 0.4) is 0 Å². The predicted octanol–water partition coefficient (Wildman–Crippen LogP) is 2.92. The van der Waals surface area contributed by atoms with Gasteiger partial charge in [0.1, 0.15) is 11.6 Å². The Labute approximate surface area is 102 Å². The first-order valence-electron chi connectivity index (χ1n) is 4.78. The lowest BCUT2D eigenvalue weighted by Gasteiger charge is -2.07. The van der Waals surface area contributed by atoms with E-state index < -0.39 is 0 Å². The summed E-state index contributed by atoms with van der Waals surface area (Å²) in [5.74, 6) is -0.0261. The van der Waals surface area contributed by atoms with Crippen LogP contribution in [0.4, 0.5) is 4.39 Å². The van der Waals surface area contributed by atoms with Crippen LogP contribution in [-0.4, -0.2) is 19.7 Å². The lowest BCUT2D eigenvalue weighted by Crippen LogP contribution is -2.04. The molecule has 0 fully saturated rings. The zero-order valence-electron chi connectivity index (χ0n) is 8.83. The zero-order chi connectivity index (χ0) is 12.0. The molecule has 88 valence electrons. The van der Waals surface area contributed by atoms with Gasteiger partial charge in [0.25, 0.3) is 0 Å². The van der Waals surface area contributed by atoms with Gasteiger partial charge in [0.2, 0.25) is 0 Å². The van der Waals surface area contributed by atoms with Crippen LogP contribution in [0, 0.1) is 5.82 Å². The Balaban J connectivity index is 2.35. The van der Waals surface area contributed by atoms with E-state index in [0.29, 0.717) is 29.7 Å². The number of carbonyl (C=O) groups excluding carboxylic acids is 1. The number of benzene rings is 1. The number of esters is 1. The van der Waals surface area contributed by atoms with E-state index in [1.165, 1.54) is 25.3 Å². The predicted molar refractivity (Wildman–Crippen MR) is 60.8 cm³/mol. The molecule has 0 aromatic heterocycles. The maximum Gasteiger partial charge on any atom is 0.305 e. The molecular formula is C11H12BrFO3. The summed E-state index contributed by atoms with van der Waals surface area (Å²) < 4.78 is 23.2. The van der Waals surface area contributed by atoms with Crippen molar-refractivity contribution < 1.29 is 18.7 Å². The molecule has 1 rings (SSSR count). The smallest absolute Gasteiger partial charge is 0.305 e. The van der Waals surface area contributed by atoms with Crippen LogP contribution in [0.25, 0.3) is 0 Å². The summed E-state index contributed by atoms with van der Waals surface area (Å²) in [6, 6.07) is 4.19. The molecule has 1 aromatic carbocycles. The fraction of sp³-hybridized carbons (Fsp3) is 0.364. The summed E-state index contributed by atoms with van der Waals surface area (Å²) in [4.78, 5) is 10.8. The van der Waals surface area contributed by atoms with Crippen LogP contribution in [0.2, 0.25) is 0 Å². The first kappa shape index (κ1) is 13.0. The van der Waals surface area contributed by atoms with Gasteiger partial charge in [0.05, 0.1) is 18.2 Å². The van der Waals surface area contributed by atoms with Gasteiger partial charge >= 0.3 is 5.97 Å². The Bertz CT molecular complexity index is 368. The molecule has 0 aliphatic carbocycles. The monoisotopic (exact) mass is 290 g/mol. The maximum atomic E-state index is 12.7. The molecular weight excluding hydrogens is 279 g/mol. The average molecular weight is 291 g/mol. The van der Waals surface area contributed by atoms with Gasteiger partial charge < -0.3 is 9.47 Å². The molecule has 0 aliphatic rings. The highest BCUT2D eigenvalue weighted by atomic mass is 79.9. The van der Waals surface area contributed by atoms with Crippen molar-refractivity contribution in [1.82, 2.24) is 0 Å². The highest BCUT2D eigenvalue weighted by Gasteiger charge is 2.04. The highest BCUT2D eigenvalue weighted by molar-refractivity contribution is 9.10. The molecule has 3 nitrogen and oxygen atoms in total.